The molecule has 1 aromatic rings. The molecule has 0 aromatic carbocycles. The van der Waals surface area contributed by atoms with Gasteiger partial charge in [0.05, 0.1) is 25.5 Å². The van der Waals surface area contributed by atoms with E-state index in [-0.39, 0.29) is 0 Å². The van der Waals surface area contributed by atoms with Gasteiger partial charge in [-0.3, -0.25) is 4.98 Å². The number of nitrogens with zero attached hydrogens (tertiary/aromatic N) is 3. The first-order valence-electron chi connectivity index (χ1n) is 6.36. The summed E-state index contributed by atoms with van der Waals surface area (Å²) >= 11 is 0. The molecule has 1 aromatic heterocycles. The maximum Gasteiger partial charge on any atom is 0.191 e. The number of rotatable bonds is 3. The van der Waals surface area contributed by atoms with E-state index in [2.05, 4.69) is 23.0 Å². The van der Waals surface area contributed by atoms with Crippen molar-refractivity contribution in [2.24, 2.45) is 10.7 Å². The molecule has 0 unspecified atom stereocenters. The van der Waals surface area contributed by atoms with Gasteiger partial charge in [0.25, 0.3) is 0 Å². The van der Waals surface area contributed by atoms with Gasteiger partial charge in [0.2, 0.25) is 0 Å². The monoisotopic (exact) mass is 248 g/mol. The van der Waals surface area contributed by atoms with Gasteiger partial charge in [0, 0.05) is 19.3 Å². The van der Waals surface area contributed by atoms with Crippen molar-refractivity contribution in [1.29, 1.82) is 0 Å². The molecular formula is C13H20N4O. The van der Waals surface area contributed by atoms with E-state index < -0.39 is 0 Å². The standard InChI is InChI=1S/C13H20N4O/c1-2-11-3-4-15-12(9-11)10-16-13(14)17-5-7-18-8-6-17/h3-4,9H,2,5-8,10H2,1H3,(H2,14,16). The SMILES string of the molecule is CCc1ccnc(CN=C(N)N2CCOCC2)c1. The molecule has 0 amide bonds. The van der Waals surface area contributed by atoms with Crippen LogP contribution in [0.4, 0.5) is 0 Å². The fourth-order valence-corrected chi connectivity index (χ4v) is 1.89. The van der Waals surface area contributed by atoms with Gasteiger partial charge in [-0.15, -0.1) is 0 Å². The van der Waals surface area contributed by atoms with E-state index in [1.807, 2.05) is 17.2 Å². The number of aromatic nitrogens is 1. The molecule has 0 radical (unpaired) electrons. The van der Waals surface area contributed by atoms with Crippen LogP contribution in [-0.4, -0.2) is 42.1 Å². The normalized spacial score (nSPS) is 16.9. The first-order chi connectivity index (χ1) is 8.79. The molecule has 0 spiro atoms. The molecule has 2 N–H and O–H groups in total. The smallest absolute Gasteiger partial charge is 0.191 e. The van der Waals surface area contributed by atoms with Crippen molar-refractivity contribution in [2.45, 2.75) is 19.9 Å². The number of pyridine rings is 1. The van der Waals surface area contributed by atoms with Crippen LogP contribution >= 0.6 is 0 Å². The molecule has 0 saturated carbocycles. The lowest BCUT2D eigenvalue weighted by Gasteiger charge is -2.27. The van der Waals surface area contributed by atoms with Crippen LogP contribution in [0.25, 0.3) is 0 Å². The van der Waals surface area contributed by atoms with Crippen LogP contribution in [0.1, 0.15) is 18.2 Å². The van der Waals surface area contributed by atoms with E-state index in [1.54, 1.807) is 0 Å². The highest BCUT2D eigenvalue weighted by Gasteiger charge is 2.11. The van der Waals surface area contributed by atoms with Crippen molar-refractivity contribution in [1.82, 2.24) is 9.88 Å². The summed E-state index contributed by atoms with van der Waals surface area (Å²) in [4.78, 5) is 10.7. The highest BCUT2D eigenvalue weighted by molar-refractivity contribution is 5.78. The summed E-state index contributed by atoms with van der Waals surface area (Å²) < 4.78 is 5.28. The maximum absolute atomic E-state index is 5.96. The number of aryl methyl sites for hydroxylation is 1. The van der Waals surface area contributed by atoms with Crippen LogP contribution in [0.3, 0.4) is 0 Å². The zero-order chi connectivity index (χ0) is 12.8. The predicted octanol–water partition coefficient (Wildman–Crippen LogP) is 0.791. The van der Waals surface area contributed by atoms with Crippen LogP contribution < -0.4 is 5.73 Å². The molecular weight excluding hydrogens is 228 g/mol. The predicted molar refractivity (Wildman–Crippen MR) is 71.3 cm³/mol. The quantitative estimate of drug-likeness (QED) is 0.634. The Balaban J connectivity index is 1.95. The van der Waals surface area contributed by atoms with Gasteiger partial charge in [-0.2, -0.15) is 0 Å². The molecule has 2 rings (SSSR count). The first-order valence-corrected chi connectivity index (χ1v) is 6.36. The summed E-state index contributed by atoms with van der Waals surface area (Å²) in [6.45, 7) is 5.75. The van der Waals surface area contributed by atoms with Crippen LogP contribution in [0, 0.1) is 0 Å². The van der Waals surface area contributed by atoms with Crippen molar-refractivity contribution in [2.75, 3.05) is 26.3 Å². The molecule has 1 fully saturated rings. The van der Waals surface area contributed by atoms with E-state index in [0.29, 0.717) is 12.5 Å². The van der Waals surface area contributed by atoms with Crippen molar-refractivity contribution in [3.05, 3.63) is 29.6 Å². The number of ether oxygens (including phenoxy) is 1. The molecule has 1 aliphatic heterocycles. The van der Waals surface area contributed by atoms with E-state index in [0.717, 1.165) is 38.4 Å². The second-order valence-corrected chi connectivity index (χ2v) is 4.28. The maximum atomic E-state index is 5.96. The third-order valence-corrected chi connectivity index (χ3v) is 3.03. The topological polar surface area (TPSA) is 63.7 Å². The third-order valence-electron chi connectivity index (χ3n) is 3.03. The zero-order valence-electron chi connectivity index (χ0n) is 10.8. The Kier molecular flexibility index (Phi) is 4.52. The molecule has 2 heterocycles. The largest absolute Gasteiger partial charge is 0.378 e. The third kappa shape index (κ3) is 3.43. The Hall–Kier alpha value is -1.62. The average Bonchev–Trinajstić information content (AvgIpc) is 2.46. The molecule has 5 heteroatoms. The number of guanidine groups is 1. The van der Waals surface area contributed by atoms with Gasteiger partial charge < -0.3 is 15.4 Å². The lowest BCUT2D eigenvalue weighted by atomic mass is 10.2. The average molecular weight is 248 g/mol. The lowest BCUT2D eigenvalue weighted by Crippen LogP contribution is -2.44. The highest BCUT2D eigenvalue weighted by Crippen LogP contribution is 2.04. The van der Waals surface area contributed by atoms with E-state index in [9.17, 15) is 0 Å². The second kappa shape index (κ2) is 6.35. The fraction of sp³-hybridized carbons (Fsp3) is 0.538. The number of aliphatic imine (C=N–C) groups is 1. The first kappa shape index (κ1) is 12.8. The summed E-state index contributed by atoms with van der Waals surface area (Å²) in [5, 5.41) is 0. The summed E-state index contributed by atoms with van der Waals surface area (Å²) in [6, 6.07) is 4.11. The zero-order valence-corrected chi connectivity index (χ0v) is 10.8. The van der Waals surface area contributed by atoms with E-state index in [4.69, 9.17) is 10.5 Å². The Labute approximate surface area is 108 Å². The minimum Gasteiger partial charge on any atom is -0.378 e. The van der Waals surface area contributed by atoms with Crippen LogP contribution in [0.5, 0.6) is 0 Å². The van der Waals surface area contributed by atoms with E-state index in [1.165, 1.54) is 5.56 Å². The summed E-state index contributed by atoms with van der Waals surface area (Å²) in [5.74, 6) is 0.585. The minimum atomic E-state index is 0.539. The number of nitrogens with two attached hydrogens (primary N) is 1. The van der Waals surface area contributed by atoms with E-state index >= 15 is 0 Å². The summed E-state index contributed by atoms with van der Waals surface area (Å²) in [6.07, 6.45) is 2.84. The molecule has 5 nitrogen and oxygen atoms in total. The van der Waals surface area contributed by atoms with Crippen molar-refractivity contribution < 1.29 is 4.74 Å². The van der Waals surface area contributed by atoms with Gasteiger partial charge in [0.1, 0.15) is 0 Å². The van der Waals surface area contributed by atoms with Crippen molar-refractivity contribution in [3.8, 4) is 0 Å². The molecule has 0 bridgehead atoms. The van der Waals surface area contributed by atoms with Gasteiger partial charge in [-0.25, -0.2) is 4.99 Å². The summed E-state index contributed by atoms with van der Waals surface area (Å²) in [7, 11) is 0. The van der Waals surface area contributed by atoms with Crippen LogP contribution in [0.2, 0.25) is 0 Å². The Morgan fingerprint density at radius 1 is 1.50 bits per heavy atom. The van der Waals surface area contributed by atoms with Gasteiger partial charge >= 0.3 is 0 Å². The molecule has 1 saturated heterocycles. The Morgan fingerprint density at radius 2 is 2.28 bits per heavy atom. The van der Waals surface area contributed by atoms with Crippen molar-refractivity contribution >= 4 is 5.96 Å². The van der Waals surface area contributed by atoms with Crippen LogP contribution in [-0.2, 0) is 17.7 Å². The van der Waals surface area contributed by atoms with Gasteiger partial charge in [0.15, 0.2) is 5.96 Å². The van der Waals surface area contributed by atoms with Crippen molar-refractivity contribution in [3.63, 3.8) is 0 Å². The Morgan fingerprint density at radius 3 is 3.00 bits per heavy atom. The second-order valence-electron chi connectivity index (χ2n) is 4.28. The van der Waals surface area contributed by atoms with Gasteiger partial charge in [-0.1, -0.05) is 6.92 Å². The number of hydrogen-bond donors (Lipinski definition) is 1. The lowest BCUT2D eigenvalue weighted by molar-refractivity contribution is 0.0674. The summed E-state index contributed by atoms with van der Waals surface area (Å²) in [5.41, 5.74) is 8.20. The highest BCUT2D eigenvalue weighted by atomic mass is 16.5. The van der Waals surface area contributed by atoms with Gasteiger partial charge in [-0.05, 0) is 24.1 Å². The molecule has 1 aliphatic rings. The number of hydrogen-bond acceptors (Lipinski definition) is 3. The Bertz CT molecular complexity index is 413. The minimum absolute atomic E-state index is 0.539. The molecule has 0 atom stereocenters. The van der Waals surface area contributed by atoms with Crippen LogP contribution in [0.15, 0.2) is 23.3 Å². The molecule has 98 valence electrons. The molecule has 18 heavy (non-hydrogen) atoms. The molecule has 0 aliphatic carbocycles. The number of morpholine rings is 1. The fourth-order valence-electron chi connectivity index (χ4n) is 1.89.